The summed E-state index contributed by atoms with van der Waals surface area (Å²) in [5.41, 5.74) is 1.13. The molecule has 0 N–H and O–H groups in total. The maximum absolute atomic E-state index is 12.7. The highest BCUT2D eigenvalue weighted by Crippen LogP contribution is 2.29. The Hall–Kier alpha value is -2.17. The number of hydrogen-bond donors (Lipinski definition) is 0. The monoisotopic (exact) mass is 312 g/mol. The van der Waals surface area contributed by atoms with Crippen LogP contribution < -0.4 is 0 Å². The number of nitrogens with zero attached hydrogens (tertiary/aromatic N) is 4. The fourth-order valence-corrected chi connectivity index (χ4v) is 3.07. The van der Waals surface area contributed by atoms with Gasteiger partial charge < -0.3 is 9.47 Å². The van der Waals surface area contributed by atoms with Crippen molar-refractivity contribution < 1.29 is 4.79 Å². The number of benzene rings is 1. The summed E-state index contributed by atoms with van der Waals surface area (Å²) in [6.45, 7) is 9.50. The predicted molar refractivity (Wildman–Crippen MR) is 89.0 cm³/mol. The largest absolute Gasteiger partial charge is 0.333 e. The summed E-state index contributed by atoms with van der Waals surface area (Å²) in [6.07, 6.45) is 0.861. The normalized spacial score (nSPS) is 18.2. The van der Waals surface area contributed by atoms with Crippen molar-refractivity contribution in [1.82, 2.24) is 19.7 Å². The highest BCUT2D eigenvalue weighted by Gasteiger charge is 2.35. The second-order valence-electron chi connectivity index (χ2n) is 7.23. The molecule has 0 saturated heterocycles. The molecule has 3 rings (SSSR count). The lowest BCUT2D eigenvalue weighted by atomic mass is 9.95. The van der Waals surface area contributed by atoms with E-state index in [-0.39, 0.29) is 17.4 Å². The molecule has 1 aromatic heterocycles. The van der Waals surface area contributed by atoms with Gasteiger partial charge in [0.1, 0.15) is 11.9 Å². The molecular weight excluding hydrogens is 288 g/mol. The van der Waals surface area contributed by atoms with E-state index < -0.39 is 0 Å². The molecule has 0 spiro atoms. The zero-order valence-corrected chi connectivity index (χ0v) is 14.3. The minimum absolute atomic E-state index is 0.119. The molecule has 2 aromatic rings. The molecular formula is C18H24N4O. The molecule has 122 valence electrons. The van der Waals surface area contributed by atoms with Crippen LogP contribution in [0.5, 0.6) is 0 Å². The van der Waals surface area contributed by atoms with Crippen molar-refractivity contribution >= 4 is 5.91 Å². The topological polar surface area (TPSA) is 51.0 Å². The summed E-state index contributed by atoms with van der Waals surface area (Å²) in [5, 5.41) is 8.67. The van der Waals surface area contributed by atoms with Crippen LogP contribution in [0.2, 0.25) is 0 Å². The minimum atomic E-state index is -0.237. The number of carbonyl (C=O) groups excluding carboxylic acids is 1. The van der Waals surface area contributed by atoms with Crippen molar-refractivity contribution in [3.8, 4) is 0 Å². The van der Waals surface area contributed by atoms with Crippen LogP contribution in [-0.2, 0) is 23.2 Å². The van der Waals surface area contributed by atoms with Gasteiger partial charge in [0.15, 0.2) is 5.82 Å². The summed E-state index contributed by atoms with van der Waals surface area (Å²) in [7, 11) is 0. The highest BCUT2D eigenvalue weighted by molar-refractivity contribution is 5.81. The third-order valence-corrected chi connectivity index (χ3v) is 4.34. The van der Waals surface area contributed by atoms with Crippen molar-refractivity contribution in [2.24, 2.45) is 0 Å². The van der Waals surface area contributed by atoms with Gasteiger partial charge in [-0.2, -0.15) is 0 Å². The van der Waals surface area contributed by atoms with E-state index in [1.807, 2.05) is 34.6 Å². The molecule has 1 aromatic carbocycles. The summed E-state index contributed by atoms with van der Waals surface area (Å²) in [5.74, 6) is 1.92. The zero-order valence-electron chi connectivity index (χ0n) is 14.3. The van der Waals surface area contributed by atoms with Crippen LogP contribution >= 0.6 is 0 Å². The predicted octanol–water partition coefficient (Wildman–Crippen LogP) is 2.72. The Morgan fingerprint density at radius 1 is 1.17 bits per heavy atom. The first-order valence-electron chi connectivity index (χ1n) is 8.15. The first-order valence-corrected chi connectivity index (χ1v) is 8.15. The molecule has 23 heavy (non-hydrogen) atoms. The molecule has 0 unspecified atom stereocenters. The van der Waals surface area contributed by atoms with E-state index in [1.165, 1.54) is 5.56 Å². The number of aromatic nitrogens is 3. The van der Waals surface area contributed by atoms with Gasteiger partial charge in [-0.3, -0.25) is 4.79 Å². The smallest absolute Gasteiger partial charge is 0.245 e. The van der Waals surface area contributed by atoms with Gasteiger partial charge in [0.05, 0.1) is 6.54 Å². The third kappa shape index (κ3) is 3.00. The number of fused-ring (bicyclic) bond motifs is 1. The number of carbonyl (C=O) groups is 1. The van der Waals surface area contributed by atoms with Gasteiger partial charge in [-0.05, 0) is 18.9 Å². The molecule has 1 atom stereocenters. The Labute approximate surface area is 137 Å². The Morgan fingerprint density at radius 2 is 1.87 bits per heavy atom. The Balaban J connectivity index is 1.80. The van der Waals surface area contributed by atoms with Crippen LogP contribution in [0.15, 0.2) is 30.3 Å². The molecule has 0 bridgehead atoms. The summed E-state index contributed by atoms with van der Waals surface area (Å²) >= 11 is 0. The van der Waals surface area contributed by atoms with Crippen molar-refractivity contribution in [2.75, 3.05) is 6.54 Å². The first kappa shape index (κ1) is 15.7. The molecule has 0 fully saturated rings. The summed E-state index contributed by atoms with van der Waals surface area (Å²) < 4.78 is 2.02. The van der Waals surface area contributed by atoms with Crippen LogP contribution in [0.1, 0.15) is 50.9 Å². The van der Waals surface area contributed by atoms with E-state index in [1.54, 1.807) is 0 Å². The van der Waals surface area contributed by atoms with Gasteiger partial charge in [0, 0.05) is 12.0 Å². The van der Waals surface area contributed by atoms with E-state index in [2.05, 4.69) is 43.1 Å². The lowest BCUT2D eigenvalue weighted by Gasteiger charge is -2.33. The van der Waals surface area contributed by atoms with Gasteiger partial charge in [0.25, 0.3) is 0 Å². The van der Waals surface area contributed by atoms with E-state index in [4.69, 9.17) is 0 Å². The first-order chi connectivity index (χ1) is 10.9. The average molecular weight is 312 g/mol. The van der Waals surface area contributed by atoms with Gasteiger partial charge >= 0.3 is 0 Å². The fourth-order valence-electron chi connectivity index (χ4n) is 3.07. The third-order valence-electron chi connectivity index (χ3n) is 4.34. The van der Waals surface area contributed by atoms with Crippen LogP contribution in [0.25, 0.3) is 0 Å². The molecule has 0 radical (unpaired) electrons. The van der Waals surface area contributed by atoms with Crippen molar-refractivity contribution in [2.45, 2.75) is 52.1 Å². The molecule has 5 heteroatoms. The van der Waals surface area contributed by atoms with E-state index in [9.17, 15) is 4.79 Å². The minimum Gasteiger partial charge on any atom is -0.333 e. The SMILES string of the molecule is C[C@H]1C(=O)N(CCc2ccccc2)Cc2nnc(C(C)(C)C)n21. The molecule has 0 aliphatic carbocycles. The van der Waals surface area contributed by atoms with Crippen molar-refractivity contribution in [1.29, 1.82) is 0 Å². The summed E-state index contributed by atoms with van der Waals surface area (Å²) in [4.78, 5) is 14.6. The van der Waals surface area contributed by atoms with Crippen molar-refractivity contribution in [3.63, 3.8) is 0 Å². The number of rotatable bonds is 3. The van der Waals surface area contributed by atoms with E-state index in [0.717, 1.165) is 18.1 Å². The molecule has 2 heterocycles. The molecule has 1 amide bonds. The number of hydrogen-bond acceptors (Lipinski definition) is 3. The second-order valence-corrected chi connectivity index (χ2v) is 7.23. The zero-order chi connectivity index (χ0) is 16.6. The lowest BCUT2D eigenvalue weighted by Crippen LogP contribution is -2.43. The number of amides is 1. The summed E-state index contributed by atoms with van der Waals surface area (Å²) in [6, 6.07) is 10.0. The van der Waals surface area contributed by atoms with Crippen LogP contribution in [-0.4, -0.2) is 32.1 Å². The molecule has 1 aliphatic rings. The molecule has 5 nitrogen and oxygen atoms in total. The van der Waals surface area contributed by atoms with E-state index >= 15 is 0 Å². The van der Waals surface area contributed by atoms with Crippen LogP contribution in [0.4, 0.5) is 0 Å². The standard InChI is InChI=1S/C18H24N4O/c1-13-16(23)21(11-10-14-8-6-5-7-9-14)12-15-19-20-17(22(13)15)18(2,3)4/h5-9,13H,10-12H2,1-4H3/t13-/m0/s1. The van der Waals surface area contributed by atoms with Gasteiger partial charge in [-0.15, -0.1) is 10.2 Å². The highest BCUT2D eigenvalue weighted by atomic mass is 16.2. The van der Waals surface area contributed by atoms with Gasteiger partial charge in [0.2, 0.25) is 5.91 Å². The Morgan fingerprint density at radius 3 is 2.52 bits per heavy atom. The van der Waals surface area contributed by atoms with E-state index in [0.29, 0.717) is 13.1 Å². The van der Waals surface area contributed by atoms with Gasteiger partial charge in [-0.1, -0.05) is 51.1 Å². The second kappa shape index (κ2) is 5.80. The van der Waals surface area contributed by atoms with Gasteiger partial charge in [-0.25, -0.2) is 0 Å². The Kier molecular flexibility index (Phi) is 3.96. The lowest BCUT2D eigenvalue weighted by molar-refractivity contribution is -0.137. The maximum Gasteiger partial charge on any atom is 0.245 e. The van der Waals surface area contributed by atoms with Crippen LogP contribution in [0.3, 0.4) is 0 Å². The molecule has 0 saturated carbocycles. The quantitative estimate of drug-likeness (QED) is 0.875. The maximum atomic E-state index is 12.7. The Bertz CT molecular complexity index is 700. The fraction of sp³-hybridized carbons (Fsp3) is 0.500. The molecule has 1 aliphatic heterocycles. The van der Waals surface area contributed by atoms with Crippen molar-refractivity contribution in [3.05, 3.63) is 47.5 Å². The van der Waals surface area contributed by atoms with Crippen LogP contribution in [0, 0.1) is 0 Å². The average Bonchev–Trinajstić information content (AvgIpc) is 2.94.